The van der Waals surface area contributed by atoms with Gasteiger partial charge in [0.2, 0.25) is 0 Å². The number of amides is 1. The van der Waals surface area contributed by atoms with Crippen LogP contribution in [0.1, 0.15) is 42.5 Å². The smallest absolute Gasteiger partial charge is 0.255 e. The van der Waals surface area contributed by atoms with Gasteiger partial charge in [0.15, 0.2) is 0 Å². The Kier molecular flexibility index (Phi) is 3.92. The molecule has 4 heteroatoms. The molecule has 2 aliphatic rings. The molecule has 0 N–H and O–H groups in total. The second-order valence-corrected chi connectivity index (χ2v) is 6.51. The summed E-state index contributed by atoms with van der Waals surface area (Å²) >= 11 is 3.44. The number of hydrogen-bond acceptors (Lipinski definition) is 2. The summed E-state index contributed by atoms with van der Waals surface area (Å²) in [6.07, 6.45) is 4.59. The highest BCUT2D eigenvalue weighted by Crippen LogP contribution is 2.34. The average Bonchev–Trinajstić information content (AvgIpc) is 3.06. The van der Waals surface area contributed by atoms with Crippen LogP contribution in [0.15, 0.2) is 28.7 Å². The molecule has 2 unspecified atom stereocenters. The van der Waals surface area contributed by atoms with Crippen molar-refractivity contribution in [3.05, 3.63) is 34.3 Å². The van der Waals surface area contributed by atoms with Crippen LogP contribution < -0.4 is 0 Å². The lowest BCUT2D eigenvalue weighted by Crippen LogP contribution is -2.41. The van der Waals surface area contributed by atoms with E-state index in [0.29, 0.717) is 17.8 Å². The van der Waals surface area contributed by atoms with E-state index in [4.69, 9.17) is 0 Å². The van der Waals surface area contributed by atoms with Crippen molar-refractivity contribution < 1.29 is 9.59 Å². The predicted octanol–water partition coefficient (Wildman–Crippen LogP) is 3.42. The molecule has 1 aromatic rings. The first-order valence-electron chi connectivity index (χ1n) is 7.26. The Balaban J connectivity index is 1.83. The van der Waals surface area contributed by atoms with Gasteiger partial charge < -0.3 is 4.90 Å². The maximum Gasteiger partial charge on any atom is 0.255 e. The van der Waals surface area contributed by atoms with E-state index in [0.717, 1.165) is 36.7 Å². The summed E-state index contributed by atoms with van der Waals surface area (Å²) in [4.78, 5) is 26.6. The lowest BCUT2D eigenvalue weighted by molar-refractivity contribution is -0.121. The van der Waals surface area contributed by atoms with Crippen molar-refractivity contribution in [2.75, 3.05) is 6.54 Å². The molecule has 1 aliphatic heterocycles. The molecule has 1 amide bonds. The summed E-state index contributed by atoms with van der Waals surface area (Å²) in [5, 5.41) is 0. The summed E-state index contributed by atoms with van der Waals surface area (Å²) in [6, 6.07) is 7.63. The van der Waals surface area contributed by atoms with Crippen LogP contribution in [-0.4, -0.2) is 29.2 Å². The van der Waals surface area contributed by atoms with Gasteiger partial charge in [-0.05, 0) is 53.7 Å². The van der Waals surface area contributed by atoms with Crippen molar-refractivity contribution in [2.24, 2.45) is 5.92 Å². The molecule has 2 atom stereocenters. The monoisotopic (exact) mass is 335 g/mol. The van der Waals surface area contributed by atoms with Crippen LogP contribution >= 0.6 is 15.9 Å². The summed E-state index contributed by atoms with van der Waals surface area (Å²) in [5.41, 5.74) is 0.699. The fourth-order valence-corrected chi connectivity index (χ4v) is 3.96. The number of carbonyl (C=O) groups excluding carboxylic acids is 2. The summed E-state index contributed by atoms with van der Waals surface area (Å²) in [5.74, 6) is 0.477. The van der Waals surface area contributed by atoms with Crippen LogP contribution in [0.4, 0.5) is 0 Å². The fraction of sp³-hybridized carbons (Fsp3) is 0.500. The quantitative estimate of drug-likeness (QED) is 0.830. The molecule has 1 saturated carbocycles. The SMILES string of the molecule is O=C1CCCC1C1CCCN1C(=O)c1ccccc1Br. The minimum atomic E-state index is 0.0553. The normalized spacial score (nSPS) is 26.2. The number of Topliss-reactive ketones (excluding diaryl/α,β-unsaturated/α-hetero) is 1. The molecule has 20 heavy (non-hydrogen) atoms. The highest BCUT2D eigenvalue weighted by atomic mass is 79.9. The van der Waals surface area contributed by atoms with Gasteiger partial charge in [-0.3, -0.25) is 9.59 Å². The third-order valence-electron chi connectivity index (χ3n) is 4.48. The highest BCUT2D eigenvalue weighted by Gasteiger charge is 2.40. The van der Waals surface area contributed by atoms with Crippen LogP contribution in [0.3, 0.4) is 0 Å². The molecule has 2 fully saturated rings. The first-order valence-corrected chi connectivity index (χ1v) is 8.06. The lowest BCUT2D eigenvalue weighted by atomic mass is 9.94. The minimum absolute atomic E-state index is 0.0553. The number of hydrogen-bond donors (Lipinski definition) is 0. The van der Waals surface area contributed by atoms with E-state index < -0.39 is 0 Å². The Hall–Kier alpha value is -1.16. The Morgan fingerprint density at radius 1 is 1.20 bits per heavy atom. The molecule has 0 spiro atoms. The first kappa shape index (κ1) is 13.8. The number of rotatable bonds is 2. The summed E-state index contributed by atoms with van der Waals surface area (Å²) in [6.45, 7) is 0.772. The van der Waals surface area contributed by atoms with E-state index in [1.165, 1.54) is 0 Å². The number of carbonyl (C=O) groups is 2. The number of likely N-dealkylation sites (tertiary alicyclic amines) is 1. The van der Waals surface area contributed by atoms with Crippen molar-refractivity contribution in [3.63, 3.8) is 0 Å². The standard InChI is InChI=1S/C16H18BrNO2/c17-13-7-2-1-5-11(13)16(20)18-10-4-8-14(18)12-6-3-9-15(12)19/h1-2,5,7,12,14H,3-4,6,8-10H2. The Morgan fingerprint density at radius 2 is 2.00 bits per heavy atom. The van der Waals surface area contributed by atoms with Crippen LogP contribution in [-0.2, 0) is 4.79 Å². The highest BCUT2D eigenvalue weighted by molar-refractivity contribution is 9.10. The maximum absolute atomic E-state index is 12.7. The molecule has 106 valence electrons. The van der Waals surface area contributed by atoms with Gasteiger partial charge in [-0.1, -0.05) is 12.1 Å². The van der Waals surface area contributed by atoms with Gasteiger partial charge in [0.25, 0.3) is 5.91 Å². The Bertz CT molecular complexity index is 543. The summed E-state index contributed by atoms with van der Waals surface area (Å²) < 4.78 is 0.827. The zero-order valence-electron chi connectivity index (χ0n) is 11.3. The molecule has 1 heterocycles. The number of nitrogens with zero attached hydrogens (tertiary/aromatic N) is 1. The van der Waals surface area contributed by atoms with E-state index in [-0.39, 0.29) is 17.9 Å². The molecule has 0 aromatic heterocycles. The number of ketones is 1. The third kappa shape index (κ3) is 2.41. The van der Waals surface area contributed by atoms with Crippen LogP contribution in [0, 0.1) is 5.92 Å². The molecule has 3 nitrogen and oxygen atoms in total. The molecule has 1 saturated heterocycles. The average molecular weight is 336 g/mol. The van der Waals surface area contributed by atoms with Crippen molar-refractivity contribution in [2.45, 2.75) is 38.1 Å². The second-order valence-electron chi connectivity index (χ2n) is 5.65. The van der Waals surface area contributed by atoms with Gasteiger partial charge in [0.1, 0.15) is 5.78 Å². The first-order chi connectivity index (χ1) is 9.68. The Labute approximate surface area is 127 Å². The number of halogens is 1. The second kappa shape index (κ2) is 5.68. The molecular formula is C16H18BrNO2. The fourth-order valence-electron chi connectivity index (χ4n) is 3.50. The third-order valence-corrected chi connectivity index (χ3v) is 5.17. The molecule has 3 rings (SSSR count). The van der Waals surface area contributed by atoms with Gasteiger partial charge >= 0.3 is 0 Å². The topological polar surface area (TPSA) is 37.4 Å². The van der Waals surface area contributed by atoms with Gasteiger partial charge in [-0.15, -0.1) is 0 Å². The molecule has 0 radical (unpaired) electrons. The van der Waals surface area contributed by atoms with Gasteiger partial charge in [-0.25, -0.2) is 0 Å². The van der Waals surface area contributed by atoms with Crippen molar-refractivity contribution in [3.8, 4) is 0 Å². The number of benzene rings is 1. The van der Waals surface area contributed by atoms with Gasteiger partial charge in [0.05, 0.1) is 5.56 Å². The molecule has 1 aliphatic carbocycles. The van der Waals surface area contributed by atoms with Crippen LogP contribution in [0.2, 0.25) is 0 Å². The predicted molar refractivity (Wildman–Crippen MR) is 80.5 cm³/mol. The van der Waals surface area contributed by atoms with Crippen molar-refractivity contribution >= 4 is 27.6 Å². The van der Waals surface area contributed by atoms with E-state index >= 15 is 0 Å². The van der Waals surface area contributed by atoms with E-state index in [2.05, 4.69) is 15.9 Å². The van der Waals surface area contributed by atoms with E-state index in [1.54, 1.807) is 0 Å². The minimum Gasteiger partial charge on any atom is -0.335 e. The van der Waals surface area contributed by atoms with Gasteiger partial charge in [0, 0.05) is 29.4 Å². The van der Waals surface area contributed by atoms with Crippen molar-refractivity contribution in [1.82, 2.24) is 4.90 Å². The molecule has 0 bridgehead atoms. The molecule has 1 aromatic carbocycles. The van der Waals surface area contributed by atoms with Crippen molar-refractivity contribution in [1.29, 1.82) is 0 Å². The largest absolute Gasteiger partial charge is 0.335 e. The summed E-state index contributed by atoms with van der Waals surface area (Å²) in [7, 11) is 0. The molecular weight excluding hydrogens is 318 g/mol. The van der Waals surface area contributed by atoms with E-state index in [1.807, 2.05) is 29.2 Å². The zero-order valence-corrected chi connectivity index (χ0v) is 12.9. The van der Waals surface area contributed by atoms with Crippen LogP contribution in [0.5, 0.6) is 0 Å². The maximum atomic E-state index is 12.7. The Morgan fingerprint density at radius 3 is 2.70 bits per heavy atom. The van der Waals surface area contributed by atoms with Crippen LogP contribution in [0.25, 0.3) is 0 Å². The zero-order chi connectivity index (χ0) is 14.1. The lowest BCUT2D eigenvalue weighted by Gasteiger charge is -2.29. The van der Waals surface area contributed by atoms with Gasteiger partial charge in [-0.2, -0.15) is 0 Å². The van der Waals surface area contributed by atoms with E-state index in [9.17, 15) is 9.59 Å².